The first-order chi connectivity index (χ1) is 9.66. The van der Waals surface area contributed by atoms with Crippen molar-refractivity contribution >= 4 is 16.9 Å². The molecule has 0 aromatic heterocycles. The number of aliphatic imine (C=N–C) groups is 1. The standard InChI is InChI=1S/C15H30N4S/c1-17(2)9-5-10-19(15-16-8-4-13-20-15)14-6-11-18(3)12-7-14/h14H,4-13H2,1-3H3. The second-order valence-electron chi connectivity index (χ2n) is 6.25. The molecule has 0 saturated carbocycles. The minimum Gasteiger partial charge on any atom is -0.348 e. The zero-order valence-electron chi connectivity index (χ0n) is 13.3. The van der Waals surface area contributed by atoms with E-state index in [9.17, 15) is 0 Å². The molecule has 2 rings (SSSR count). The Morgan fingerprint density at radius 1 is 1.25 bits per heavy atom. The van der Waals surface area contributed by atoms with Crippen LogP contribution in [-0.4, -0.2) is 85.5 Å². The maximum atomic E-state index is 4.80. The highest BCUT2D eigenvalue weighted by atomic mass is 32.2. The van der Waals surface area contributed by atoms with Crippen molar-refractivity contribution in [1.82, 2.24) is 14.7 Å². The second-order valence-corrected chi connectivity index (χ2v) is 7.31. The monoisotopic (exact) mass is 298 g/mol. The summed E-state index contributed by atoms with van der Waals surface area (Å²) in [6, 6.07) is 0.706. The number of hydrogen-bond donors (Lipinski definition) is 0. The summed E-state index contributed by atoms with van der Waals surface area (Å²) in [6.07, 6.45) is 5.06. The van der Waals surface area contributed by atoms with Crippen molar-refractivity contribution in [1.29, 1.82) is 0 Å². The van der Waals surface area contributed by atoms with Crippen molar-refractivity contribution in [3.63, 3.8) is 0 Å². The highest BCUT2D eigenvalue weighted by Gasteiger charge is 2.26. The van der Waals surface area contributed by atoms with Gasteiger partial charge in [0.1, 0.15) is 0 Å². The first-order valence-corrected chi connectivity index (χ1v) is 8.92. The van der Waals surface area contributed by atoms with Crippen LogP contribution in [0, 0.1) is 0 Å². The Hall–Kier alpha value is -0.260. The van der Waals surface area contributed by atoms with Crippen LogP contribution in [0.1, 0.15) is 25.7 Å². The highest BCUT2D eigenvalue weighted by molar-refractivity contribution is 8.13. The number of rotatable bonds is 5. The number of likely N-dealkylation sites (tertiary alicyclic amines) is 1. The van der Waals surface area contributed by atoms with E-state index in [0.29, 0.717) is 6.04 Å². The maximum absolute atomic E-state index is 4.80. The van der Waals surface area contributed by atoms with Crippen LogP contribution in [0.15, 0.2) is 4.99 Å². The van der Waals surface area contributed by atoms with E-state index in [1.54, 1.807) is 0 Å². The smallest absolute Gasteiger partial charge is 0.159 e. The largest absolute Gasteiger partial charge is 0.348 e. The molecule has 0 bridgehead atoms. The lowest BCUT2D eigenvalue weighted by Crippen LogP contribution is -2.47. The van der Waals surface area contributed by atoms with Crippen LogP contribution in [0.25, 0.3) is 0 Å². The van der Waals surface area contributed by atoms with E-state index in [1.807, 2.05) is 11.8 Å². The summed E-state index contributed by atoms with van der Waals surface area (Å²) >= 11 is 1.97. The lowest BCUT2D eigenvalue weighted by molar-refractivity contribution is 0.174. The van der Waals surface area contributed by atoms with Gasteiger partial charge in [-0.15, -0.1) is 0 Å². The van der Waals surface area contributed by atoms with Crippen LogP contribution >= 0.6 is 11.8 Å². The molecule has 0 N–H and O–H groups in total. The van der Waals surface area contributed by atoms with Gasteiger partial charge in [0, 0.05) is 24.9 Å². The highest BCUT2D eigenvalue weighted by Crippen LogP contribution is 2.23. The maximum Gasteiger partial charge on any atom is 0.159 e. The Morgan fingerprint density at radius 3 is 2.60 bits per heavy atom. The quantitative estimate of drug-likeness (QED) is 0.772. The average Bonchev–Trinajstić information content (AvgIpc) is 2.46. The van der Waals surface area contributed by atoms with Crippen molar-refractivity contribution in [3.05, 3.63) is 0 Å². The van der Waals surface area contributed by atoms with Gasteiger partial charge in [0.25, 0.3) is 0 Å². The van der Waals surface area contributed by atoms with E-state index < -0.39 is 0 Å². The van der Waals surface area contributed by atoms with Gasteiger partial charge in [0.2, 0.25) is 0 Å². The summed E-state index contributed by atoms with van der Waals surface area (Å²) in [4.78, 5) is 12.2. The molecule has 0 amide bonds. The molecule has 2 heterocycles. The molecule has 0 atom stereocenters. The zero-order chi connectivity index (χ0) is 14.4. The van der Waals surface area contributed by atoms with Crippen molar-refractivity contribution in [2.75, 3.05) is 59.6 Å². The lowest BCUT2D eigenvalue weighted by Gasteiger charge is -2.39. The molecule has 0 unspecified atom stereocenters. The van der Waals surface area contributed by atoms with Gasteiger partial charge < -0.3 is 14.7 Å². The van der Waals surface area contributed by atoms with Crippen LogP contribution in [0.4, 0.5) is 0 Å². The number of nitrogens with zero attached hydrogens (tertiary/aromatic N) is 4. The third-order valence-corrected chi connectivity index (χ3v) is 5.27. The Kier molecular flexibility index (Phi) is 6.65. The van der Waals surface area contributed by atoms with Gasteiger partial charge in [-0.2, -0.15) is 0 Å². The van der Waals surface area contributed by atoms with Gasteiger partial charge >= 0.3 is 0 Å². The summed E-state index contributed by atoms with van der Waals surface area (Å²) in [5.41, 5.74) is 0. The van der Waals surface area contributed by atoms with Crippen molar-refractivity contribution in [2.45, 2.75) is 31.7 Å². The Bertz CT molecular complexity index is 311. The van der Waals surface area contributed by atoms with Gasteiger partial charge in [0.05, 0.1) is 0 Å². The number of hydrogen-bond acceptors (Lipinski definition) is 5. The third-order valence-electron chi connectivity index (χ3n) is 4.16. The van der Waals surface area contributed by atoms with Crippen LogP contribution in [-0.2, 0) is 0 Å². The van der Waals surface area contributed by atoms with Gasteiger partial charge in [-0.1, -0.05) is 11.8 Å². The minimum atomic E-state index is 0.706. The van der Waals surface area contributed by atoms with Gasteiger partial charge in [0.15, 0.2) is 5.17 Å². The van der Waals surface area contributed by atoms with Crippen LogP contribution in [0.5, 0.6) is 0 Å². The predicted molar refractivity (Wildman–Crippen MR) is 89.8 cm³/mol. The first kappa shape index (κ1) is 16.1. The summed E-state index contributed by atoms with van der Waals surface area (Å²) < 4.78 is 0. The van der Waals surface area contributed by atoms with E-state index in [2.05, 4.69) is 35.8 Å². The van der Waals surface area contributed by atoms with Crippen LogP contribution in [0.2, 0.25) is 0 Å². The second kappa shape index (κ2) is 8.25. The lowest BCUT2D eigenvalue weighted by atomic mass is 10.0. The molecule has 0 aliphatic carbocycles. The van der Waals surface area contributed by atoms with Crippen LogP contribution in [0.3, 0.4) is 0 Å². The van der Waals surface area contributed by atoms with E-state index in [0.717, 1.165) is 6.54 Å². The topological polar surface area (TPSA) is 22.1 Å². The fourth-order valence-electron chi connectivity index (χ4n) is 2.92. The average molecular weight is 299 g/mol. The van der Waals surface area contributed by atoms with Crippen molar-refractivity contribution in [2.24, 2.45) is 4.99 Å². The van der Waals surface area contributed by atoms with E-state index in [4.69, 9.17) is 4.99 Å². The Balaban J connectivity index is 1.93. The van der Waals surface area contributed by atoms with Crippen molar-refractivity contribution in [3.8, 4) is 0 Å². The number of thioether (sulfide) groups is 1. The fourth-order valence-corrected chi connectivity index (χ4v) is 3.97. The Morgan fingerprint density at radius 2 is 2.00 bits per heavy atom. The molecule has 2 aliphatic heterocycles. The van der Waals surface area contributed by atoms with Crippen LogP contribution < -0.4 is 0 Å². The summed E-state index contributed by atoms with van der Waals surface area (Å²) in [7, 11) is 6.55. The molecule has 116 valence electrons. The van der Waals surface area contributed by atoms with Gasteiger partial charge in [-0.25, -0.2) is 0 Å². The van der Waals surface area contributed by atoms with Gasteiger partial charge in [-0.3, -0.25) is 4.99 Å². The van der Waals surface area contributed by atoms with E-state index in [1.165, 1.54) is 62.8 Å². The summed E-state index contributed by atoms with van der Waals surface area (Å²) in [5, 5.41) is 1.32. The molecular weight excluding hydrogens is 268 g/mol. The van der Waals surface area contributed by atoms with Gasteiger partial charge in [-0.05, 0) is 66.5 Å². The molecule has 1 saturated heterocycles. The van der Waals surface area contributed by atoms with Crippen molar-refractivity contribution < 1.29 is 0 Å². The zero-order valence-corrected chi connectivity index (χ0v) is 14.2. The number of amidine groups is 1. The molecule has 4 nitrogen and oxygen atoms in total. The first-order valence-electron chi connectivity index (χ1n) is 7.94. The molecule has 0 aromatic carbocycles. The summed E-state index contributed by atoms with van der Waals surface area (Å²) in [5.74, 6) is 1.25. The third kappa shape index (κ3) is 4.93. The molecule has 0 aromatic rings. The molecule has 5 heteroatoms. The molecule has 0 spiro atoms. The molecular formula is C15H30N4S. The fraction of sp³-hybridized carbons (Fsp3) is 0.933. The normalized spacial score (nSPS) is 22.1. The summed E-state index contributed by atoms with van der Waals surface area (Å²) in [6.45, 7) is 5.82. The predicted octanol–water partition coefficient (Wildman–Crippen LogP) is 1.83. The van der Waals surface area contributed by atoms with E-state index >= 15 is 0 Å². The number of piperidine rings is 1. The molecule has 1 fully saturated rings. The minimum absolute atomic E-state index is 0.706. The SMILES string of the molecule is CN(C)CCCN(C1=NCCCS1)C1CCN(C)CC1. The molecule has 2 aliphatic rings. The molecule has 20 heavy (non-hydrogen) atoms. The molecule has 0 radical (unpaired) electrons. The Labute approximate surface area is 128 Å². The van der Waals surface area contributed by atoms with E-state index in [-0.39, 0.29) is 0 Å².